The molecule has 0 bridgehead atoms. The Bertz CT molecular complexity index is 743. The number of aromatic nitrogens is 3. The van der Waals surface area contributed by atoms with E-state index in [4.69, 9.17) is 79.1 Å². The highest BCUT2D eigenvalue weighted by Crippen LogP contribution is 2.41. The normalized spacial score (nSPS) is 14.1. The molecule has 5 nitrogen and oxygen atoms in total. The topological polar surface area (TPSA) is 57.1 Å². The van der Waals surface area contributed by atoms with Gasteiger partial charge >= 0.3 is 0 Å². The SMILES string of the molecule is ClC(Cl)(Cl)c1nc(Cc2cccc3c2OCO3)nc(C(Cl)(Cl)Cl)n1. The fourth-order valence-corrected chi connectivity index (χ4v) is 2.56. The van der Waals surface area contributed by atoms with Crippen LogP contribution in [-0.4, -0.2) is 21.7 Å². The molecule has 0 amide bonds. The molecule has 2 aromatic rings. The molecule has 0 fully saturated rings. The lowest BCUT2D eigenvalue weighted by Crippen LogP contribution is -2.18. The minimum atomic E-state index is -1.89. The van der Waals surface area contributed by atoms with Gasteiger partial charge in [0.2, 0.25) is 14.4 Å². The van der Waals surface area contributed by atoms with Crippen molar-refractivity contribution >= 4 is 69.6 Å². The van der Waals surface area contributed by atoms with Crippen LogP contribution in [0, 0.1) is 0 Å². The average molecular weight is 450 g/mol. The number of para-hydroxylation sites is 1. The summed E-state index contributed by atoms with van der Waals surface area (Å²) in [6.45, 7) is 0.141. The minimum Gasteiger partial charge on any atom is -0.454 e. The quantitative estimate of drug-likeness (QED) is 0.614. The first-order valence-corrected chi connectivity index (χ1v) is 8.68. The summed E-state index contributed by atoms with van der Waals surface area (Å²) in [6, 6.07) is 5.44. The van der Waals surface area contributed by atoms with Crippen molar-refractivity contribution in [1.29, 1.82) is 0 Å². The van der Waals surface area contributed by atoms with Crippen LogP contribution in [0.25, 0.3) is 0 Å². The van der Waals surface area contributed by atoms with E-state index in [0.29, 0.717) is 11.5 Å². The van der Waals surface area contributed by atoms with Gasteiger partial charge < -0.3 is 9.47 Å². The van der Waals surface area contributed by atoms with Crippen molar-refractivity contribution in [2.24, 2.45) is 0 Å². The number of benzene rings is 1. The van der Waals surface area contributed by atoms with Gasteiger partial charge in [0.15, 0.2) is 23.1 Å². The van der Waals surface area contributed by atoms with E-state index in [0.717, 1.165) is 5.56 Å². The van der Waals surface area contributed by atoms with Crippen LogP contribution in [0.5, 0.6) is 11.5 Å². The first-order valence-electron chi connectivity index (χ1n) is 6.41. The van der Waals surface area contributed by atoms with Crippen molar-refractivity contribution in [3.63, 3.8) is 0 Å². The number of hydrogen-bond donors (Lipinski definition) is 0. The van der Waals surface area contributed by atoms with Crippen molar-refractivity contribution in [3.8, 4) is 11.5 Å². The molecule has 3 rings (SSSR count). The molecular formula is C13H7Cl6N3O2. The van der Waals surface area contributed by atoms with Crippen LogP contribution in [0.3, 0.4) is 0 Å². The Morgan fingerprint density at radius 1 is 0.875 bits per heavy atom. The maximum atomic E-state index is 5.85. The van der Waals surface area contributed by atoms with Crippen LogP contribution in [-0.2, 0) is 14.0 Å². The lowest BCUT2D eigenvalue weighted by atomic mass is 10.1. The van der Waals surface area contributed by atoms with Gasteiger partial charge in [-0.15, -0.1) is 0 Å². The zero-order valence-corrected chi connectivity index (χ0v) is 16.1. The van der Waals surface area contributed by atoms with Gasteiger partial charge in [-0.1, -0.05) is 81.7 Å². The molecule has 0 N–H and O–H groups in total. The van der Waals surface area contributed by atoms with Gasteiger partial charge in [-0.25, -0.2) is 15.0 Å². The Balaban J connectivity index is 2.03. The summed E-state index contributed by atoms with van der Waals surface area (Å²) in [5.74, 6) is 1.22. The van der Waals surface area contributed by atoms with E-state index >= 15 is 0 Å². The number of halogens is 6. The second-order valence-corrected chi connectivity index (χ2v) is 9.28. The summed E-state index contributed by atoms with van der Waals surface area (Å²) in [5.41, 5.74) is 0.779. The maximum absolute atomic E-state index is 5.85. The Kier molecular flexibility index (Phi) is 5.13. The van der Waals surface area contributed by atoms with Gasteiger partial charge in [-0.05, 0) is 6.07 Å². The Morgan fingerprint density at radius 2 is 1.50 bits per heavy atom. The van der Waals surface area contributed by atoms with E-state index in [1.807, 2.05) is 12.1 Å². The number of rotatable bonds is 2. The highest BCUT2D eigenvalue weighted by atomic mass is 35.6. The van der Waals surface area contributed by atoms with E-state index in [1.165, 1.54) is 0 Å². The first kappa shape index (κ1) is 18.4. The third-order valence-corrected chi connectivity index (χ3v) is 4.03. The fourth-order valence-electron chi connectivity index (χ4n) is 2.05. The second-order valence-electron chi connectivity index (χ2n) is 4.72. The van der Waals surface area contributed by atoms with Gasteiger partial charge in [0.1, 0.15) is 5.82 Å². The van der Waals surface area contributed by atoms with Crippen molar-refractivity contribution in [2.75, 3.05) is 6.79 Å². The van der Waals surface area contributed by atoms with Crippen LogP contribution in [0.2, 0.25) is 0 Å². The summed E-state index contributed by atoms with van der Waals surface area (Å²) in [6.07, 6.45) is 0.247. The predicted octanol–water partition coefficient (Wildman–Crippen LogP) is 4.84. The zero-order valence-electron chi connectivity index (χ0n) is 11.6. The highest BCUT2D eigenvalue weighted by molar-refractivity contribution is 6.67. The van der Waals surface area contributed by atoms with Gasteiger partial charge in [0, 0.05) is 12.0 Å². The van der Waals surface area contributed by atoms with Crippen molar-refractivity contribution in [3.05, 3.63) is 41.2 Å². The standard InChI is InChI=1S/C13H7Cl6N3O2/c14-12(15,16)10-20-8(21-11(22-10)13(17,18)19)4-6-2-1-3-7-9(6)24-5-23-7/h1-3H,4-5H2. The molecule has 1 aromatic heterocycles. The van der Waals surface area contributed by atoms with E-state index in [2.05, 4.69) is 15.0 Å². The molecule has 1 aromatic carbocycles. The van der Waals surface area contributed by atoms with E-state index in [9.17, 15) is 0 Å². The first-order chi connectivity index (χ1) is 11.1. The molecule has 128 valence electrons. The van der Waals surface area contributed by atoms with E-state index in [-0.39, 0.29) is 30.7 Å². The monoisotopic (exact) mass is 447 g/mol. The second kappa shape index (κ2) is 6.71. The number of hydrogen-bond acceptors (Lipinski definition) is 5. The molecule has 0 atom stereocenters. The lowest BCUT2D eigenvalue weighted by Gasteiger charge is -2.15. The molecule has 11 heteroatoms. The molecule has 2 heterocycles. The summed E-state index contributed by atoms with van der Waals surface area (Å²) >= 11 is 35.1. The largest absolute Gasteiger partial charge is 0.454 e. The fraction of sp³-hybridized carbons (Fsp3) is 0.308. The number of alkyl halides is 6. The lowest BCUT2D eigenvalue weighted by molar-refractivity contribution is 0.173. The molecule has 0 saturated heterocycles. The average Bonchev–Trinajstić information content (AvgIpc) is 2.94. The Hall–Kier alpha value is -0.430. The van der Waals surface area contributed by atoms with E-state index in [1.54, 1.807) is 6.07 Å². The molecule has 0 radical (unpaired) electrons. The zero-order chi connectivity index (χ0) is 17.5. The van der Waals surface area contributed by atoms with Gasteiger partial charge in [0.05, 0.1) is 0 Å². The van der Waals surface area contributed by atoms with Crippen LogP contribution in [0.15, 0.2) is 18.2 Å². The minimum absolute atomic E-state index is 0.136. The Morgan fingerprint density at radius 3 is 2.08 bits per heavy atom. The van der Waals surface area contributed by atoms with E-state index < -0.39 is 7.59 Å². The highest BCUT2D eigenvalue weighted by Gasteiger charge is 2.34. The van der Waals surface area contributed by atoms with Crippen LogP contribution >= 0.6 is 69.6 Å². The Labute approximate surface area is 167 Å². The molecule has 24 heavy (non-hydrogen) atoms. The van der Waals surface area contributed by atoms with Crippen molar-refractivity contribution in [2.45, 2.75) is 14.0 Å². The summed E-state index contributed by atoms with van der Waals surface area (Å²) in [7, 11) is 0. The van der Waals surface area contributed by atoms with Gasteiger partial charge in [-0.3, -0.25) is 0 Å². The summed E-state index contributed by atoms with van der Waals surface area (Å²) < 4.78 is 7.00. The summed E-state index contributed by atoms with van der Waals surface area (Å²) in [4.78, 5) is 12.2. The molecule has 1 aliphatic rings. The molecule has 0 unspecified atom stereocenters. The molecule has 0 saturated carbocycles. The smallest absolute Gasteiger partial charge is 0.250 e. The number of fused-ring (bicyclic) bond motifs is 1. The predicted molar refractivity (Wildman–Crippen MR) is 93.7 cm³/mol. The van der Waals surface area contributed by atoms with Crippen LogP contribution in [0.1, 0.15) is 23.0 Å². The maximum Gasteiger partial charge on any atom is 0.250 e. The molecule has 0 spiro atoms. The third-order valence-electron chi connectivity index (χ3n) is 3.02. The number of nitrogens with zero attached hydrogens (tertiary/aromatic N) is 3. The van der Waals surface area contributed by atoms with Gasteiger partial charge in [-0.2, -0.15) is 0 Å². The van der Waals surface area contributed by atoms with Crippen LogP contribution < -0.4 is 9.47 Å². The van der Waals surface area contributed by atoms with Crippen molar-refractivity contribution in [1.82, 2.24) is 15.0 Å². The molecule has 1 aliphatic heterocycles. The number of ether oxygens (including phenoxy) is 2. The van der Waals surface area contributed by atoms with Crippen molar-refractivity contribution < 1.29 is 9.47 Å². The van der Waals surface area contributed by atoms with Crippen LogP contribution in [0.4, 0.5) is 0 Å². The summed E-state index contributed by atoms with van der Waals surface area (Å²) in [5, 5.41) is 0. The molecular weight excluding hydrogens is 443 g/mol. The van der Waals surface area contributed by atoms with Gasteiger partial charge in [0.25, 0.3) is 0 Å². The molecule has 0 aliphatic carbocycles. The third kappa shape index (κ3) is 4.03.